The molecule has 3 aromatic rings. The van der Waals surface area contributed by atoms with Gasteiger partial charge in [-0.2, -0.15) is 0 Å². The van der Waals surface area contributed by atoms with Crippen molar-refractivity contribution >= 4 is 11.6 Å². The molecule has 1 aliphatic rings. The lowest BCUT2D eigenvalue weighted by Gasteiger charge is -2.22. The van der Waals surface area contributed by atoms with Gasteiger partial charge in [0, 0.05) is 42.0 Å². The summed E-state index contributed by atoms with van der Waals surface area (Å²) in [5.74, 6) is 0.897. The molecule has 2 heterocycles. The van der Waals surface area contributed by atoms with Crippen LogP contribution in [-0.2, 0) is 0 Å². The Morgan fingerprint density at radius 2 is 1.61 bits per heavy atom. The summed E-state index contributed by atoms with van der Waals surface area (Å²) in [6.45, 7) is 3.82. The first-order chi connectivity index (χ1) is 13.8. The highest BCUT2D eigenvalue weighted by atomic mass is 35.5. The summed E-state index contributed by atoms with van der Waals surface area (Å²) in [5.41, 5.74) is 4.21. The zero-order valence-corrected chi connectivity index (χ0v) is 16.5. The maximum absolute atomic E-state index is 5.96. The molecule has 4 heteroatoms. The monoisotopic (exact) mass is 390 g/mol. The van der Waals surface area contributed by atoms with E-state index in [1.807, 2.05) is 48.7 Å². The fraction of sp³-hybridized carbons (Fsp3) is 0.208. The molecule has 2 aromatic carbocycles. The van der Waals surface area contributed by atoms with E-state index >= 15 is 0 Å². The molecule has 0 unspecified atom stereocenters. The molecule has 0 saturated carbocycles. The summed E-state index contributed by atoms with van der Waals surface area (Å²) in [6.07, 6.45) is 7.50. The molecule has 0 bridgehead atoms. The number of hydrogen-bond acceptors (Lipinski definition) is 3. The fourth-order valence-electron chi connectivity index (χ4n) is 3.29. The zero-order chi connectivity index (χ0) is 19.2. The van der Waals surface area contributed by atoms with Crippen molar-refractivity contribution in [1.29, 1.82) is 0 Å². The van der Waals surface area contributed by atoms with E-state index in [1.165, 1.54) is 0 Å². The lowest BCUT2D eigenvalue weighted by Crippen LogP contribution is -2.31. The second-order valence-corrected chi connectivity index (χ2v) is 7.31. The number of pyridine rings is 1. The van der Waals surface area contributed by atoms with Crippen molar-refractivity contribution in [3.63, 3.8) is 0 Å². The van der Waals surface area contributed by atoms with Gasteiger partial charge in [-0.1, -0.05) is 42.0 Å². The molecule has 28 heavy (non-hydrogen) atoms. The number of ether oxygens (including phenoxy) is 1. The first kappa shape index (κ1) is 18.7. The van der Waals surface area contributed by atoms with Gasteiger partial charge in [-0.15, -0.1) is 0 Å². The highest BCUT2D eigenvalue weighted by Gasteiger charge is 2.06. The third-order valence-corrected chi connectivity index (χ3v) is 5.16. The van der Waals surface area contributed by atoms with Crippen LogP contribution in [0.15, 0.2) is 79.0 Å². The summed E-state index contributed by atoms with van der Waals surface area (Å²) in [7, 11) is 0. The quantitative estimate of drug-likeness (QED) is 0.504. The first-order valence-corrected chi connectivity index (χ1v) is 9.98. The lowest BCUT2D eigenvalue weighted by molar-refractivity contribution is 0.221. The van der Waals surface area contributed by atoms with E-state index in [2.05, 4.69) is 40.2 Å². The Bertz CT molecular complexity index is 918. The van der Waals surface area contributed by atoms with Crippen LogP contribution >= 0.6 is 11.6 Å². The van der Waals surface area contributed by atoms with E-state index in [-0.39, 0.29) is 0 Å². The average molecular weight is 391 g/mol. The molecule has 1 aromatic heterocycles. The van der Waals surface area contributed by atoms with Gasteiger partial charge < -0.3 is 4.74 Å². The van der Waals surface area contributed by atoms with Crippen LogP contribution in [0.4, 0.5) is 0 Å². The molecule has 142 valence electrons. The maximum Gasteiger partial charge on any atom is 0.119 e. The summed E-state index contributed by atoms with van der Waals surface area (Å²) >= 11 is 5.96. The fourth-order valence-corrected chi connectivity index (χ4v) is 3.41. The van der Waals surface area contributed by atoms with Crippen molar-refractivity contribution in [2.75, 3.05) is 26.2 Å². The lowest BCUT2D eigenvalue weighted by atomic mass is 10.1. The van der Waals surface area contributed by atoms with Gasteiger partial charge in [0.05, 0.1) is 5.69 Å². The Morgan fingerprint density at radius 3 is 2.29 bits per heavy atom. The summed E-state index contributed by atoms with van der Waals surface area (Å²) in [4.78, 5) is 7.02. The number of nitrogens with zero attached hydrogens (tertiary/aromatic N) is 2. The van der Waals surface area contributed by atoms with Crippen LogP contribution < -0.4 is 4.74 Å². The van der Waals surface area contributed by atoms with Crippen molar-refractivity contribution in [3.05, 3.63) is 84.0 Å². The molecule has 0 atom stereocenters. The number of halogens is 1. The van der Waals surface area contributed by atoms with Gasteiger partial charge in [0.25, 0.3) is 0 Å². The van der Waals surface area contributed by atoms with Crippen LogP contribution in [0.1, 0.15) is 6.42 Å². The predicted octanol–water partition coefficient (Wildman–Crippen LogP) is 5.71. The average Bonchev–Trinajstić information content (AvgIpc) is 2.76. The van der Waals surface area contributed by atoms with Crippen molar-refractivity contribution in [1.82, 2.24) is 9.88 Å². The third kappa shape index (κ3) is 4.80. The highest BCUT2D eigenvalue weighted by Crippen LogP contribution is 2.25. The molecular formula is C24H23ClN2O. The summed E-state index contributed by atoms with van der Waals surface area (Å²) < 4.78 is 5.89. The van der Waals surface area contributed by atoms with Crippen molar-refractivity contribution in [3.8, 4) is 28.1 Å². The first-order valence-electron chi connectivity index (χ1n) is 9.60. The Morgan fingerprint density at radius 1 is 0.857 bits per heavy atom. The van der Waals surface area contributed by atoms with E-state index in [9.17, 15) is 0 Å². The molecule has 4 rings (SSSR count). The van der Waals surface area contributed by atoms with E-state index in [4.69, 9.17) is 16.3 Å². The minimum absolute atomic E-state index is 0.710. The normalized spacial score (nSPS) is 14.2. The molecule has 0 amide bonds. The highest BCUT2D eigenvalue weighted by molar-refractivity contribution is 6.30. The van der Waals surface area contributed by atoms with E-state index in [0.717, 1.165) is 59.2 Å². The molecule has 0 aliphatic carbocycles. The van der Waals surface area contributed by atoms with Crippen LogP contribution in [0.5, 0.6) is 5.75 Å². The van der Waals surface area contributed by atoms with Gasteiger partial charge in [-0.3, -0.25) is 9.88 Å². The molecular weight excluding hydrogens is 368 g/mol. The number of benzene rings is 2. The van der Waals surface area contributed by atoms with E-state index < -0.39 is 0 Å². The second kappa shape index (κ2) is 9.05. The smallest absolute Gasteiger partial charge is 0.119 e. The predicted molar refractivity (Wildman–Crippen MR) is 116 cm³/mol. The Labute approximate surface area is 171 Å². The SMILES string of the molecule is Clc1ccc(-c2ccc(-c3ccc(OCCN4CC=CCC4)cc3)nc2)cc1. The van der Waals surface area contributed by atoms with Crippen LogP contribution in [0.3, 0.4) is 0 Å². The van der Waals surface area contributed by atoms with Crippen LogP contribution in [-0.4, -0.2) is 36.1 Å². The van der Waals surface area contributed by atoms with Gasteiger partial charge in [-0.25, -0.2) is 0 Å². The van der Waals surface area contributed by atoms with Crippen LogP contribution in [0.25, 0.3) is 22.4 Å². The van der Waals surface area contributed by atoms with Crippen molar-refractivity contribution in [2.24, 2.45) is 0 Å². The Kier molecular flexibility index (Phi) is 6.05. The van der Waals surface area contributed by atoms with E-state index in [0.29, 0.717) is 6.61 Å². The summed E-state index contributed by atoms with van der Waals surface area (Å²) in [6, 6.07) is 20.1. The maximum atomic E-state index is 5.96. The topological polar surface area (TPSA) is 25.4 Å². The molecule has 0 spiro atoms. The number of hydrogen-bond donors (Lipinski definition) is 0. The van der Waals surface area contributed by atoms with Crippen LogP contribution in [0, 0.1) is 0 Å². The zero-order valence-electron chi connectivity index (χ0n) is 15.7. The Balaban J connectivity index is 1.35. The van der Waals surface area contributed by atoms with Crippen molar-refractivity contribution in [2.45, 2.75) is 6.42 Å². The van der Waals surface area contributed by atoms with Crippen LogP contribution in [0.2, 0.25) is 5.02 Å². The molecule has 0 fully saturated rings. The molecule has 0 N–H and O–H groups in total. The third-order valence-electron chi connectivity index (χ3n) is 4.91. The minimum Gasteiger partial charge on any atom is -0.492 e. The number of aromatic nitrogens is 1. The van der Waals surface area contributed by atoms with Crippen molar-refractivity contribution < 1.29 is 4.74 Å². The van der Waals surface area contributed by atoms with Gasteiger partial charge in [0.15, 0.2) is 0 Å². The molecule has 1 aliphatic heterocycles. The minimum atomic E-state index is 0.710. The molecule has 0 radical (unpaired) electrons. The Hall–Kier alpha value is -2.62. The molecule has 0 saturated heterocycles. The standard InChI is InChI=1S/C24H23ClN2O/c25-22-9-4-19(5-10-22)21-8-13-24(26-18-21)20-6-11-23(12-7-20)28-17-16-27-14-2-1-3-15-27/h1-2,4-13,18H,3,14-17H2. The number of rotatable bonds is 6. The molecule has 3 nitrogen and oxygen atoms in total. The summed E-state index contributed by atoms with van der Waals surface area (Å²) in [5, 5.41) is 0.739. The van der Waals surface area contributed by atoms with Gasteiger partial charge in [-0.05, 0) is 54.4 Å². The van der Waals surface area contributed by atoms with Gasteiger partial charge in [0.1, 0.15) is 12.4 Å². The second-order valence-electron chi connectivity index (χ2n) is 6.87. The van der Waals surface area contributed by atoms with E-state index in [1.54, 1.807) is 0 Å². The largest absolute Gasteiger partial charge is 0.492 e. The van der Waals surface area contributed by atoms with Gasteiger partial charge >= 0.3 is 0 Å². The van der Waals surface area contributed by atoms with Gasteiger partial charge in [0.2, 0.25) is 0 Å².